The van der Waals surface area contributed by atoms with Crippen LogP contribution in [-0.4, -0.2) is 0 Å². The molecule has 0 bridgehead atoms. The first kappa shape index (κ1) is 11.0. The van der Waals surface area contributed by atoms with Crippen molar-refractivity contribution in [2.24, 2.45) is 5.73 Å². The molecule has 0 aliphatic carbocycles. The van der Waals surface area contributed by atoms with Gasteiger partial charge < -0.3 is 10.2 Å². The number of halogens is 1. The molecule has 0 spiro atoms. The zero-order chi connectivity index (χ0) is 11.8. The minimum atomic E-state index is -0.211. The SMILES string of the molecule is NC(c1ccc(Br)o1)c1csc2ccccc12. The standard InChI is InChI=1S/C13H10BrNOS/c14-12-6-5-10(16-12)13(15)9-7-17-11-4-2-1-3-8(9)11/h1-7,13H,15H2. The summed E-state index contributed by atoms with van der Waals surface area (Å²) in [6.45, 7) is 0. The summed E-state index contributed by atoms with van der Waals surface area (Å²) in [6.07, 6.45) is 0. The van der Waals surface area contributed by atoms with Gasteiger partial charge in [0.25, 0.3) is 0 Å². The average molecular weight is 308 g/mol. The van der Waals surface area contributed by atoms with Crippen LogP contribution in [0.1, 0.15) is 17.4 Å². The van der Waals surface area contributed by atoms with Gasteiger partial charge in [-0.2, -0.15) is 0 Å². The molecule has 0 radical (unpaired) electrons. The third kappa shape index (κ3) is 1.92. The fourth-order valence-electron chi connectivity index (χ4n) is 1.89. The van der Waals surface area contributed by atoms with E-state index in [0.717, 1.165) is 11.3 Å². The quantitative estimate of drug-likeness (QED) is 0.766. The summed E-state index contributed by atoms with van der Waals surface area (Å²) in [7, 11) is 0. The van der Waals surface area contributed by atoms with Crippen molar-refractivity contribution < 1.29 is 4.42 Å². The van der Waals surface area contributed by atoms with Crippen LogP contribution in [0.5, 0.6) is 0 Å². The second kappa shape index (κ2) is 4.29. The number of hydrogen-bond acceptors (Lipinski definition) is 3. The van der Waals surface area contributed by atoms with Crippen molar-refractivity contribution >= 4 is 37.4 Å². The zero-order valence-electron chi connectivity index (χ0n) is 8.89. The first-order valence-corrected chi connectivity index (χ1v) is 6.90. The molecule has 1 unspecified atom stereocenters. The number of fused-ring (bicyclic) bond motifs is 1. The first-order chi connectivity index (χ1) is 8.25. The second-order valence-electron chi connectivity index (χ2n) is 3.81. The Balaban J connectivity index is 2.09. The van der Waals surface area contributed by atoms with Gasteiger partial charge in [-0.05, 0) is 50.5 Å². The Morgan fingerprint density at radius 1 is 1.18 bits per heavy atom. The van der Waals surface area contributed by atoms with E-state index < -0.39 is 0 Å². The van der Waals surface area contributed by atoms with E-state index in [2.05, 4.69) is 33.4 Å². The van der Waals surface area contributed by atoms with Crippen LogP contribution in [0.3, 0.4) is 0 Å². The number of thiophene rings is 1. The molecule has 2 nitrogen and oxygen atoms in total. The van der Waals surface area contributed by atoms with E-state index in [4.69, 9.17) is 10.2 Å². The molecule has 3 rings (SSSR count). The lowest BCUT2D eigenvalue weighted by molar-refractivity contribution is 0.471. The van der Waals surface area contributed by atoms with E-state index in [1.165, 1.54) is 10.1 Å². The fraction of sp³-hybridized carbons (Fsp3) is 0.0769. The molecule has 2 heterocycles. The molecule has 1 atom stereocenters. The molecule has 86 valence electrons. The monoisotopic (exact) mass is 307 g/mol. The summed E-state index contributed by atoms with van der Waals surface area (Å²) in [6, 6.07) is 11.8. The highest BCUT2D eigenvalue weighted by Gasteiger charge is 2.16. The van der Waals surface area contributed by atoms with E-state index in [-0.39, 0.29) is 6.04 Å². The lowest BCUT2D eigenvalue weighted by Crippen LogP contribution is -2.10. The highest BCUT2D eigenvalue weighted by Crippen LogP contribution is 2.33. The van der Waals surface area contributed by atoms with Crippen molar-refractivity contribution in [2.45, 2.75) is 6.04 Å². The van der Waals surface area contributed by atoms with E-state index in [0.29, 0.717) is 4.67 Å². The predicted octanol–water partition coefficient (Wildman–Crippen LogP) is 4.30. The van der Waals surface area contributed by atoms with Gasteiger partial charge in [0.05, 0.1) is 6.04 Å². The third-order valence-corrected chi connectivity index (χ3v) is 4.15. The van der Waals surface area contributed by atoms with Gasteiger partial charge in [0.15, 0.2) is 4.67 Å². The van der Waals surface area contributed by atoms with Gasteiger partial charge in [-0.1, -0.05) is 18.2 Å². The molecule has 2 N–H and O–H groups in total. The summed E-state index contributed by atoms with van der Waals surface area (Å²) in [5.41, 5.74) is 7.35. The predicted molar refractivity (Wildman–Crippen MR) is 74.3 cm³/mol. The average Bonchev–Trinajstić information content (AvgIpc) is 2.94. The third-order valence-electron chi connectivity index (χ3n) is 2.75. The summed E-state index contributed by atoms with van der Waals surface area (Å²) in [5.74, 6) is 0.778. The van der Waals surface area contributed by atoms with Gasteiger partial charge in [0.2, 0.25) is 0 Å². The molecule has 0 saturated heterocycles. The van der Waals surface area contributed by atoms with E-state index in [1.807, 2.05) is 24.3 Å². The van der Waals surface area contributed by atoms with Crippen molar-refractivity contribution in [1.29, 1.82) is 0 Å². The highest BCUT2D eigenvalue weighted by molar-refractivity contribution is 9.10. The zero-order valence-corrected chi connectivity index (χ0v) is 11.3. The highest BCUT2D eigenvalue weighted by atomic mass is 79.9. The summed E-state index contributed by atoms with van der Waals surface area (Å²) in [4.78, 5) is 0. The minimum absolute atomic E-state index is 0.211. The molecule has 0 amide bonds. The van der Waals surface area contributed by atoms with Gasteiger partial charge >= 0.3 is 0 Å². The fourth-order valence-corrected chi connectivity index (χ4v) is 3.20. The van der Waals surface area contributed by atoms with Crippen LogP contribution in [0.4, 0.5) is 0 Å². The van der Waals surface area contributed by atoms with Crippen LogP contribution in [-0.2, 0) is 0 Å². The first-order valence-electron chi connectivity index (χ1n) is 5.22. The number of nitrogens with two attached hydrogens (primary N) is 1. The van der Waals surface area contributed by atoms with Crippen LogP contribution < -0.4 is 5.73 Å². The van der Waals surface area contributed by atoms with Crippen molar-refractivity contribution in [1.82, 2.24) is 0 Å². The molecule has 0 saturated carbocycles. The number of furan rings is 1. The molecule has 0 aliphatic heterocycles. The van der Waals surface area contributed by atoms with Crippen molar-refractivity contribution in [3.63, 3.8) is 0 Å². The van der Waals surface area contributed by atoms with Crippen molar-refractivity contribution in [2.75, 3.05) is 0 Å². The topological polar surface area (TPSA) is 39.2 Å². The largest absolute Gasteiger partial charge is 0.452 e. The number of hydrogen-bond donors (Lipinski definition) is 1. The van der Waals surface area contributed by atoms with Crippen molar-refractivity contribution in [3.05, 3.63) is 57.8 Å². The molecular weight excluding hydrogens is 298 g/mol. The van der Waals surface area contributed by atoms with E-state index >= 15 is 0 Å². The van der Waals surface area contributed by atoms with Crippen LogP contribution in [0, 0.1) is 0 Å². The van der Waals surface area contributed by atoms with Gasteiger partial charge in [-0.25, -0.2) is 0 Å². The van der Waals surface area contributed by atoms with Gasteiger partial charge in [-0.15, -0.1) is 11.3 Å². The summed E-state index contributed by atoms with van der Waals surface area (Å²) >= 11 is 5.00. The molecule has 2 aromatic heterocycles. The second-order valence-corrected chi connectivity index (χ2v) is 5.50. The molecule has 1 aromatic carbocycles. The molecule has 3 aromatic rings. The maximum Gasteiger partial charge on any atom is 0.169 e. The Hall–Kier alpha value is -1.10. The molecular formula is C13H10BrNOS. The van der Waals surface area contributed by atoms with Gasteiger partial charge in [0.1, 0.15) is 5.76 Å². The summed E-state index contributed by atoms with van der Waals surface area (Å²) < 4.78 is 7.48. The van der Waals surface area contributed by atoms with Crippen LogP contribution >= 0.6 is 27.3 Å². The van der Waals surface area contributed by atoms with Crippen LogP contribution in [0.2, 0.25) is 0 Å². The Morgan fingerprint density at radius 2 is 2.00 bits per heavy atom. The van der Waals surface area contributed by atoms with Crippen LogP contribution in [0.25, 0.3) is 10.1 Å². The normalized spacial score (nSPS) is 13.1. The Labute approximate surface area is 111 Å². The van der Waals surface area contributed by atoms with Gasteiger partial charge in [0, 0.05) is 4.70 Å². The van der Waals surface area contributed by atoms with E-state index in [9.17, 15) is 0 Å². The van der Waals surface area contributed by atoms with Crippen molar-refractivity contribution in [3.8, 4) is 0 Å². The number of rotatable bonds is 2. The Kier molecular flexibility index (Phi) is 2.78. The molecule has 17 heavy (non-hydrogen) atoms. The maximum absolute atomic E-state index is 6.23. The van der Waals surface area contributed by atoms with Gasteiger partial charge in [-0.3, -0.25) is 0 Å². The van der Waals surface area contributed by atoms with Crippen LogP contribution in [0.15, 0.2) is 50.9 Å². The molecule has 0 aliphatic rings. The minimum Gasteiger partial charge on any atom is -0.452 e. The molecule has 4 heteroatoms. The number of benzene rings is 1. The summed E-state index contributed by atoms with van der Waals surface area (Å²) in [5, 5.41) is 3.31. The molecule has 0 fully saturated rings. The lowest BCUT2D eigenvalue weighted by Gasteiger charge is -2.07. The Bertz CT molecular complexity index is 658. The lowest BCUT2D eigenvalue weighted by atomic mass is 10.0. The Morgan fingerprint density at radius 3 is 2.76 bits per heavy atom. The smallest absolute Gasteiger partial charge is 0.169 e. The maximum atomic E-state index is 6.23. The van der Waals surface area contributed by atoms with E-state index in [1.54, 1.807) is 11.3 Å².